The fraction of sp³-hybridized carbons (Fsp3) is 0.158. The maximum Gasteiger partial charge on any atom is 0.137 e. The Labute approximate surface area is 134 Å². The van der Waals surface area contributed by atoms with Crippen LogP contribution in [0.25, 0.3) is 16.6 Å². The number of fused-ring (bicyclic) bond motifs is 1. The summed E-state index contributed by atoms with van der Waals surface area (Å²) in [4.78, 5) is 0. The summed E-state index contributed by atoms with van der Waals surface area (Å²) >= 11 is 0. The van der Waals surface area contributed by atoms with Crippen LogP contribution in [0.4, 0.5) is 0 Å². The predicted molar refractivity (Wildman–Crippen MR) is 88.5 cm³/mol. The molecule has 0 bridgehead atoms. The summed E-state index contributed by atoms with van der Waals surface area (Å²) in [5, 5.41) is 19.7. The van der Waals surface area contributed by atoms with Crippen LogP contribution in [-0.4, -0.2) is 11.2 Å². The van der Waals surface area contributed by atoms with E-state index in [-0.39, 0.29) is 0 Å². The molecule has 2 aromatic carbocycles. The van der Waals surface area contributed by atoms with E-state index in [1.165, 1.54) is 0 Å². The number of rotatable bonds is 4. The number of nitrogens with zero attached hydrogens (tertiary/aromatic N) is 3. The van der Waals surface area contributed by atoms with Gasteiger partial charge >= 0.3 is 0 Å². The maximum absolute atomic E-state index is 9.36. The van der Waals surface area contributed by atoms with Crippen molar-refractivity contribution in [3.05, 3.63) is 59.8 Å². The van der Waals surface area contributed by atoms with Crippen molar-refractivity contribution < 1.29 is 4.74 Å². The Morgan fingerprint density at radius 1 is 1.04 bits per heavy atom. The summed E-state index contributed by atoms with van der Waals surface area (Å²) in [6.07, 6.45) is 2.80. The number of para-hydroxylation sites is 1. The molecule has 4 heteroatoms. The SMILES string of the molecule is CCCOc1ccc(-n2ccc3cccc(C#N)c32)cc1C#N. The van der Waals surface area contributed by atoms with Crippen molar-refractivity contribution in [1.82, 2.24) is 4.57 Å². The zero-order valence-electron chi connectivity index (χ0n) is 12.8. The normalized spacial score (nSPS) is 10.2. The van der Waals surface area contributed by atoms with Crippen molar-refractivity contribution in [3.8, 4) is 23.6 Å². The largest absolute Gasteiger partial charge is 0.492 e. The highest BCUT2D eigenvalue weighted by atomic mass is 16.5. The lowest BCUT2D eigenvalue weighted by Crippen LogP contribution is -2.00. The quantitative estimate of drug-likeness (QED) is 0.726. The van der Waals surface area contributed by atoms with Crippen LogP contribution in [-0.2, 0) is 0 Å². The zero-order valence-corrected chi connectivity index (χ0v) is 12.8. The first-order chi connectivity index (χ1) is 11.3. The molecule has 0 spiro atoms. The number of hydrogen-bond donors (Lipinski definition) is 0. The fourth-order valence-electron chi connectivity index (χ4n) is 2.59. The number of benzene rings is 2. The van der Waals surface area contributed by atoms with Crippen LogP contribution in [0, 0.1) is 22.7 Å². The first-order valence-electron chi connectivity index (χ1n) is 7.46. The van der Waals surface area contributed by atoms with Crippen molar-refractivity contribution in [2.45, 2.75) is 13.3 Å². The predicted octanol–water partition coefficient (Wildman–Crippen LogP) is 4.16. The van der Waals surface area contributed by atoms with Gasteiger partial charge in [-0.05, 0) is 36.8 Å². The van der Waals surface area contributed by atoms with Crippen LogP contribution in [0.2, 0.25) is 0 Å². The van der Waals surface area contributed by atoms with Crippen molar-refractivity contribution in [2.24, 2.45) is 0 Å². The topological polar surface area (TPSA) is 61.7 Å². The lowest BCUT2D eigenvalue weighted by Gasteiger charge is -2.11. The number of aromatic nitrogens is 1. The summed E-state index contributed by atoms with van der Waals surface area (Å²) in [6, 6.07) is 17.5. The summed E-state index contributed by atoms with van der Waals surface area (Å²) in [5.41, 5.74) is 2.79. The van der Waals surface area contributed by atoms with Crippen molar-refractivity contribution in [3.63, 3.8) is 0 Å². The summed E-state index contributed by atoms with van der Waals surface area (Å²) < 4.78 is 7.53. The van der Waals surface area contributed by atoms with Crippen LogP contribution in [0.3, 0.4) is 0 Å². The first-order valence-corrected chi connectivity index (χ1v) is 7.46. The van der Waals surface area contributed by atoms with E-state index in [0.29, 0.717) is 23.5 Å². The minimum absolute atomic E-state index is 0.493. The molecule has 0 aliphatic carbocycles. The smallest absolute Gasteiger partial charge is 0.137 e. The van der Waals surface area contributed by atoms with Crippen LogP contribution >= 0.6 is 0 Å². The first kappa shape index (κ1) is 14.7. The van der Waals surface area contributed by atoms with E-state index < -0.39 is 0 Å². The third-order valence-corrected chi connectivity index (χ3v) is 3.66. The van der Waals surface area contributed by atoms with E-state index in [4.69, 9.17) is 4.74 Å². The van der Waals surface area contributed by atoms with E-state index in [0.717, 1.165) is 23.0 Å². The van der Waals surface area contributed by atoms with Gasteiger partial charge in [0.15, 0.2) is 0 Å². The highest BCUT2D eigenvalue weighted by Crippen LogP contribution is 2.27. The lowest BCUT2D eigenvalue weighted by atomic mass is 10.1. The average Bonchev–Trinajstić information content (AvgIpc) is 3.04. The molecule has 0 aliphatic heterocycles. The maximum atomic E-state index is 9.36. The molecule has 0 N–H and O–H groups in total. The minimum Gasteiger partial charge on any atom is -0.492 e. The molecule has 0 fully saturated rings. The van der Waals surface area contributed by atoms with Crippen LogP contribution < -0.4 is 4.74 Å². The highest BCUT2D eigenvalue weighted by molar-refractivity contribution is 5.87. The molecule has 3 aromatic rings. The van der Waals surface area contributed by atoms with Gasteiger partial charge in [-0.1, -0.05) is 19.1 Å². The minimum atomic E-state index is 0.493. The van der Waals surface area contributed by atoms with Gasteiger partial charge < -0.3 is 9.30 Å². The van der Waals surface area contributed by atoms with Crippen molar-refractivity contribution >= 4 is 10.9 Å². The van der Waals surface area contributed by atoms with Gasteiger partial charge in [-0.15, -0.1) is 0 Å². The summed E-state index contributed by atoms with van der Waals surface area (Å²) in [7, 11) is 0. The van der Waals surface area contributed by atoms with Gasteiger partial charge in [-0.2, -0.15) is 10.5 Å². The second kappa shape index (κ2) is 6.25. The zero-order chi connectivity index (χ0) is 16.2. The summed E-state index contributed by atoms with van der Waals surface area (Å²) in [6.45, 7) is 2.61. The molecule has 0 unspecified atom stereocenters. The average molecular weight is 301 g/mol. The van der Waals surface area contributed by atoms with E-state index in [2.05, 4.69) is 12.1 Å². The van der Waals surface area contributed by atoms with E-state index in [1.807, 2.05) is 48.0 Å². The Hall–Kier alpha value is -3.24. The molecular formula is C19H15N3O. The van der Waals surface area contributed by atoms with Gasteiger partial charge in [-0.3, -0.25) is 0 Å². The third-order valence-electron chi connectivity index (χ3n) is 3.66. The van der Waals surface area contributed by atoms with Gasteiger partial charge in [0.1, 0.15) is 17.9 Å². The van der Waals surface area contributed by atoms with Gasteiger partial charge in [-0.25, -0.2) is 0 Å². The van der Waals surface area contributed by atoms with Crippen molar-refractivity contribution in [1.29, 1.82) is 10.5 Å². The Balaban J connectivity index is 2.13. The molecule has 1 heterocycles. The molecule has 3 rings (SSSR count). The van der Waals surface area contributed by atoms with Gasteiger partial charge in [0.2, 0.25) is 0 Å². The van der Waals surface area contributed by atoms with Gasteiger partial charge in [0.25, 0.3) is 0 Å². The molecule has 0 atom stereocenters. The molecule has 0 saturated heterocycles. The highest BCUT2D eigenvalue weighted by Gasteiger charge is 2.10. The Kier molecular flexibility index (Phi) is 3.99. The Morgan fingerprint density at radius 2 is 1.87 bits per heavy atom. The van der Waals surface area contributed by atoms with Crippen molar-refractivity contribution in [2.75, 3.05) is 6.61 Å². The summed E-state index contributed by atoms with van der Waals surface area (Å²) in [5.74, 6) is 0.593. The fourth-order valence-corrected chi connectivity index (χ4v) is 2.59. The second-order valence-corrected chi connectivity index (χ2v) is 5.18. The second-order valence-electron chi connectivity index (χ2n) is 5.18. The van der Waals surface area contributed by atoms with Crippen LogP contribution in [0.1, 0.15) is 24.5 Å². The van der Waals surface area contributed by atoms with Gasteiger partial charge in [0.05, 0.1) is 23.3 Å². The number of hydrogen-bond acceptors (Lipinski definition) is 3. The van der Waals surface area contributed by atoms with Crippen LogP contribution in [0.15, 0.2) is 48.7 Å². The molecule has 0 radical (unpaired) electrons. The van der Waals surface area contributed by atoms with Crippen LogP contribution in [0.5, 0.6) is 5.75 Å². The van der Waals surface area contributed by atoms with E-state index in [9.17, 15) is 10.5 Å². The van der Waals surface area contributed by atoms with Gasteiger partial charge in [0, 0.05) is 17.3 Å². The monoisotopic (exact) mass is 301 g/mol. The Morgan fingerprint density at radius 3 is 2.61 bits per heavy atom. The Bertz CT molecular complexity index is 941. The van der Waals surface area contributed by atoms with E-state index >= 15 is 0 Å². The molecule has 23 heavy (non-hydrogen) atoms. The standard InChI is InChI=1S/C19H15N3O/c1-2-10-23-18-7-6-17(11-16(18)13-21)22-9-8-14-4-3-5-15(12-20)19(14)22/h3-9,11H,2,10H2,1H3. The van der Waals surface area contributed by atoms with E-state index in [1.54, 1.807) is 12.1 Å². The molecule has 1 aromatic heterocycles. The third kappa shape index (κ3) is 2.63. The number of ether oxygens (including phenoxy) is 1. The molecule has 4 nitrogen and oxygen atoms in total. The molecule has 0 aliphatic rings. The molecule has 0 amide bonds. The number of nitriles is 2. The molecular weight excluding hydrogens is 286 g/mol. The molecule has 112 valence electrons. The lowest BCUT2D eigenvalue weighted by molar-refractivity contribution is 0.316. The molecule has 0 saturated carbocycles.